The molecule has 0 saturated carbocycles. The summed E-state index contributed by atoms with van der Waals surface area (Å²) in [4.78, 5) is 12.8. The minimum atomic E-state index is 0.141. The van der Waals surface area contributed by atoms with Gasteiger partial charge in [0, 0.05) is 12.3 Å². The molecule has 0 bridgehead atoms. The van der Waals surface area contributed by atoms with E-state index < -0.39 is 0 Å². The maximum Gasteiger partial charge on any atom is 0.136 e. The van der Waals surface area contributed by atoms with E-state index >= 15 is 0 Å². The van der Waals surface area contributed by atoms with Crippen molar-refractivity contribution in [1.82, 2.24) is 0 Å². The maximum atomic E-state index is 12.8. The molecule has 0 saturated heterocycles. The van der Waals surface area contributed by atoms with Crippen molar-refractivity contribution in [2.45, 2.75) is 172 Å². The predicted molar refractivity (Wildman–Crippen MR) is 211 cm³/mol. The van der Waals surface area contributed by atoms with E-state index in [4.69, 9.17) is 5.11 Å². The zero-order valence-corrected chi connectivity index (χ0v) is 32.6. The van der Waals surface area contributed by atoms with Crippen LogP contribution in [0.5, 0.6) is 0 Å². The van der Waals surface area contributed by atoms with Crippen LogP contribution in [0.1, 0.15) is 172 Å². The Hall–Kier alpha value is -2.45. The maximum absolute atomic E-state index is 12.8. The summed E-state index contributed by atoms with van der Waals surface area (Å²) in [6.45, 7) is 22.1. The highest BCUT2D eigenvalue weighted by Crippen LogP contribution is 2.18. The quantitative estimate of drug-likeness (QED) is 0.0949. The number of aliphatic hydroxyl groups is 1. The van der Waals surface area contributed by atoms with Crippen molar-refractivity contribution in [2.75, 3.05) is 6.61 Å². The molecule has 1 atom stereocenters. The Morgan fingerprint density at radius 2 is 0.723 bits per heavy atom. The second kappa shape index (κ2) is 28.6. The zero-order valence-electron chi connectivity index (χ0n) is 32.6. The van der Waals surface area contributed by atoms with Gasteiger partial charge in [-0.3, -0.25) is 4.79 Å². The van der Waals surface area contributed by atoms with Gasteiger partial charge in [-0.2, -0.15) is 0 Å². The van der Waals surface area contributed by atoms with Crippen LogP contribution in [-0.2, 0) is 4.79 Å². The van der Waals surface area contributed by atoms with Crippen LogP contribution < -0.4 is 0 Å². The van der Waals surface area contributed by atoms with Crippen molar-refractivity contribution in [1.29, 1.82) is 0 Å². The van der Waals surface area contributed by atoms with Crippen LogP contribution >= 0.6 is 0 Å². The molecule has 0 radical (unpaired) electrons. The average Bonchev–Trinajstić information content (AvgIpc) is 2.99. The van der Waals surface area contributed by atoms with Crippen molar-refractivity contribution in [3.63, 3.8) is 0 Å². The molecule has 0 heterocycles. The van der Waals surface area contributed by atoms with Gasteiger partial charge in [0.15, 0.2) is 0 Å². The minimum Gasteiger partial charge on any atom is -0.392 e. The van der Waals surface area contributed by atoms with E-state index in [1.165, 1.54) is 44.6 Å². The van der Waals surface area contributed by atoms with Crippen LogP contribution in [0.3, 0.4) is 0 Å². The summed E-state index contributed by atoms with van der Waals surface area (Å²) < 4.78 is 0. The van der Waals surface area contributed by atoms with E-state index in [9.17, 15) is 4.79 Å². The van der Waals surface area contributed by atoms with Crippen molar-refractivity contribution in [3.8, 4) is 0 Å². The smallest absolute Gasteiger partial charge is 0.136 e. The number of aliphatic hydroxyl groups excluding tert-OH is 1. The van der Waals surface area contributed by atoms with Crippen LogP contribution in [0.4, 0.5) is 0 Å². The van der Waals surface area contributed by atoms with Crippen molar-refractivity contribution >= 4 is 5.78 Å². The molecule has 0 amide bonds. The average molecular weight is 647 g/mol. The van der Waals surface area contributed by atoms with Gasteiger partial charge >= 0.3 is 0 Å². The molecular weight excluding hydrogens is 572 g/mol. The second-order valence-corrected chi connectivity index (χ2v) is 14.5. The first kappa shape index (κ1) is 44.5. The normalized spacial score (nSPS) is 14.9. The first-order chi connectivity index (χ1) is 22.3. The molecule has 0 spiro atoms. The van der Waals surface area contributed by atoms with Gasteiger partial charge in [-0.1, -0.05) is 100 Å². The van der Waals surface area contributed by atoms with Gasteiger partial charge in [0.1, 0.15) is 5.78 Å². The van der Waals surface area contributed by atoms with E-state index in [1.54, 1.807) is 0 Å². The summed E-state index contributed by atoms with van der Waals surface area (Å²) in [5.41, 5.74) is 11.3. The first-order valence-electron chi connectivity index (χ1n) is 18.7. The van der Waals surface area contributed by atoms with Crippen LogP contribution in [-0.4, -0.2) is 17.5 Å². The van der Waals surface area contributed by atoms with E-state index in [0.29, 0.717) is 12.2 Å². The molecule has 0 aromatic rings. The topological polar surface area (TPSA) is 37.3 Å². The fraction of sp³-hybridized carbons (Fsp3) is 0.622. The summed E-state index contributed by atoms with van der Waals surface area (Å²) in [6, 6.07) is 0. The Bertz CT molecular complexity index is 1120. The van der Waals surface area contributed by atoms with Gasteiger partial charge in [0.25, 0.3) is 0 Å². The van der Waals surface area contributed by atoms with Gasteiger partial charge in [-0.15, -0.1) is 0 Å². The van der Waals surface area contributed by atoms with E-state index in [2.05, 4.69) is 112 Å². The molecule has 1 unspecified atom stereocenters. The lowest BCUT2D eigenvalue weighted by molar-refractivity contribution is -0.122. The monoisotopic (exact) mass is 647 g/mol. The molecule has 0 aromatic carbocycles. The van der Waals surface area contributed by atoms with Crippen LogP contribution in [0.15, 0.2) is 93.2 Å². The summed E-state index contributed by atoms with van der Waals surface area (Å²) in [6.07, 6.45) is 35.2. The number of hydrogen-bond donors (Lipinski definition) is 1. The molecule has 0 aliphatic rings. The predicted octanol–water partition coefficient (Wildman–Crippen LogP) is 14.0. The minimum absolute atomic E-state index is 0.141. The van der Waals surface area contributed by atoms with E-state index in [1.807, 2.05) is 6.08 Å². The van der Waals surface area contributed by atoms with Gasteiger partial charge in [0.2, 0.25) is 0 Å². The molecular formula is C45H74O2. The number of ketones is 1. The molecule has 0 rings (SSSR count). The molecule has 47 heavy (non-hydrogen) atoms. The number of carbonyl (C=O) groups is 1. The standard InChI is InChI=1S/C45H74O2/c1-36(2)18-11-19-37(3)20-12-25-41(7)30-17-31-44(10)45(47)33-32-42(8)28-15-26-39(5)23-13-21-38(4)22-14-24-40(6)27-16-29-43(9)34-35-46/h18,20,22-23,27-28,30,34,44,46H,11-17,19,21,24-26,29,31-33,35H2,1-10H3. The summed E-state index contributed by atoms with van der Waals surface area (Å²) in [7, 11) is 0. The highest BCUT2D eigenvalue weighted by molar-refractivity contribution is 5.80. The number of rotatable bonds is 26. The SMILES string of the molecule is CC(C)=CCCC(C)=CCCC(C)=CCCC(C)C(=O)CCC(C)=CCCC(C)=CCCC(C)=CCCC(C)=CCCC(C)=CCO. The summed E-state index contributed by atoms with van der Waals surface area (Å²) >= 11 is 0. The fourth-order valence-electron chi connectivity index (χ4n) is 5.50. The van der Waals surface area contributed by atoms with Gasteiger partial charge < -0.3 is 5.11 Å². The van der Waals surface area contributed by atoms with Gasteiger partial charge in [-0.25, -0.2) is 0 Å². The molecule has 1 N–H and O–H groups in total. The lowest BCUT2D eigenvalue weighted by Crippen LogP contribution is -2.10. The van der Waals surface area contributed by atoms with Crippen LogP contribution in [0.25, 0.3) is 0 Å². The number of hydrogen-bond acceptors (Lipinski definition) is 2. The van der Waals surface area contributed by atoms with Gasteiger partial charge in [0.05, 0.1) is 6.61 Å². The summed E-state index contributed by atoms with van der Waals surface area (Å²) in [5, 5.41) is 8.96. The molecule has 0 fully saturated rings. The Labute approximate surface area is 292 Å². The highest BCUT2D eigenvalue weighted by atomic mass is 16.2. The molecule has 0 aromatic heterocycles. The van der Waals surface area contributed by atoms with Crippen LogP contribution in [0.2, 0.25) is 0 Å². The van der Waals surface area contributed by atoms with Crippen molar-refractivity contribution < 1.29 is 9.90 Å². The highest BCUT2D eigenvalue weighted by Gasteiger charge is 2.12. The number of Topliss-reactive ketones (excluding diaryl/α,β-unsaturated/α-hetero) is 1. The second-order valence-electron chi connectivity index (χ2n) is 14.5. The fourth-order valence-corrected chi connectivity index (χ4v) is 5.50. The van der Waals surface area contributed by atoms with Crippen molar-refractivity contribution in [2.24, 2.45) is 5.92 Å². The van der Waals surface area contributed by atoms with Crippen LogP contribution in [0, 0.1) is 5.92 Å². The molecule has 266 valence electrons. The van der Waals surface area contributed by atoms with E-state index in [0.717, 1.165) is 96.3 Å². The Kier molecular flexibility index (Phi) is 27.1. The Balaban J connectivity index is 4.25. The third-order valence-corrected chi connectivity index (χ3v) is 9.10. The molecule has 2 heteroatoms. The number of allylic oxidation sites excluding steroid dienone is 15. The lowest BCUT2D eigenvalue weighted by Gasteiger charge is -2.10. The lowest BCUT2D eigenvalue weighted by atomic mass is 9.94. The Morgan fingerprint density at radius 1 is 0.426 bits per heavy atom. The van der Waals surface area contributed by atoms with Gasteiger partial charge in [-0.05, 0) is 159 Å². The third kappa shape index (κ3) is 28.3. The van der Waals surface area contributed by atoms with E-state index in [-0.39, 0.29) is 12.5 Å². The first-order valence-corrected chi connectivity index (χ1v) is 18.7. The molecule has 0 aliphatic heterocycles. The summed E-state index contributed by atoms with van der Waals surface area (Å²) in [5.74, 6) is 0.549. The molecule has 0 aliphatic carbocycles. The largest absolute Gasteiger partial charge is 0.392 e. The number of carbonyl (C=O) groups excluding carboxylic acids is 1. The van der Waals surface area contributed by atoms with Crippen molar-refractivity contribution in [3.05, 3.63) is 93.2 Å². The zero-order chi connectivity index (χ0) is 35.5. The third-order valence-electron chi connectivity index (χ3n) is 9.10. The molecule has 2 nitrogen and oxygen atoms in total. The Morgan fingerprint density at radius 3 is 1.06 bits per heavy atom.